The first-order valence-corrected chi connectivity index (χ1v) is 10.1. The highest BCUT2D eigenvalue weighted by Crippen LogP contribution is 2.14. The number of aryl methyl sites for hydroxylation is 1. The Morgan fingerprint density at radius 1 is 1.08 bits per heavy atom. The fraction of sp³-hybridized carbons (Fsp3) is 0.316. The van der Waals surface area contributed by atoms with Gasteiger partial charge in [0.15, 0.2) is 0 Å². The van der Waals surface area contributed by atoms with E-state index in [2.05, 4.69) is 5.32 Å². The van der Waals surface area contributed by atoms with Gasteiger partial charge in [0.2, 0.25) is 10.0 Å². The molecular weight excluding hydrogens is 352 g/mol. The van der Waals surface area contributed by atoms with Crippen LogP contribution in [0.25, 0.3) is 0 Å². The predicted molar refractivity (Wildman–Crippen MR) is 102 cm³/mol. The Morgan fingerprint density at radius 3 is 2.23 bits per heavy atom. The average molecular weight is 376 g/mol. The number of nitrogens with zero attached hydrogens (tertiary/aromatic N) is 1. The topological polar surface area (TPSA) is 75.7 Å². The molecule has 2 rings (SSSR count). The van der Waals surface area contributed by atoms with Crippen LogP contribution in [0.5, 0.6) is 5.75 Å². The van der Waals surface area contributed by atoms with Gasteiger partial charge in [0, 0.05) is 25.2 Å². The Labute approximate surface area is 154 Å². The molecule has 0 saturated heterocycles. The highest BCUT2D eigenvalue weighted by molar-refractivity contribution is 7.88. The van der Waals surface area contributed by atoms with Gasteiger partial charge in [-0.2, -0.15) is 4.31 Å². The summed E-state index contributed by atoms with van der Waals surface area (Å²) in [6, 6.07) is 14.4. The molecule has 0 unspecified atom stereocenters. The molecule has 0 bridgehead atoms. The second-order valence-electron chi connectivity index (χ2n) is 6.07. The minimum absolute atomic E-state index is 0.197. The number of carbonyl (C=O) groups is 1. The number of sulfonamides is 1. The zero-order valence-corrected chi connectivity index (χ0v) is 16.0. The van der Waals surface area contributed by atoms with E-state index in [1.807, 2.05) is 31.2 Å². The van der Waals surface area contributed by atoms with Crippen LogP contribution in [0, 0.1) is 6.92 Å². The van der Waals surface area contributed by atoms with E-state index < -0.39 is 10.0 Å². The van der Waals surface area contributed by atoms with E-state index in [9.17, 15) is 13.2 Å². The number of carbonyl (C=O) groups excluding carboxylic acids is 1. The van der Waals surface area contributed by atoms with Crippen molar-refractivity contribution in [1.82, 2.24) is 9.62 Å². The summed E-state index contributed by atoms with van der Waals surface area (Å²) in [6.45, 7) is 2.62. The number of nitrogens with one attached hydrogen (secondary N) is 1. The summed E-state index contributed by atoms with van der Waals surface area (Å²) >= 11 is 0. The SMILES string of the molecule is COc1ccc(CN(CCNC(=O)c2ccc(C)cc2)S(C)(=O)=O)cc1. The molecule has 1 amide bonds. The van der Waals surface area contributed by atoms with E-state index >= 15 is 0 Å². The fourth-order valence-electron chi connectivity index (χ4n) is 2.40. The minimum atomic E-state index is -3.40. The standard InChI is InChI=1S/C19H24N2O4S/c1-15-4-8-17(9-5-15)19(22)20-12-13-21(26(3,23)24)14-16-6-10-18(25-2)11-7-16/h4-11H,12-14H2,1-3H3,(H,20,22). The summed E-state index contributed by atoms with van der Waals surface area (Å²) in [5, 5.41) is 2.76. The number of benzene rings is 2. The average Bonchev–Trinajstić information content (AvgIpc) is 2.61. The molecule has 0 heterocycles. The Kier molecular flexibility index (Phi) is 6.76. The van der Waals surface area contributed by atoms with Gasteiger partial charge in [0.25, 0.3) is 5.91 Å². The third kappa shape index (κ3) is 5.86. The van der Waals surface area contributed by atoms with E-state index in [4.69, 9.17) is 4.74 Å². The molecule has 0 aliphatic rings. The van der Waals surface area contributed by atoms with Crippen LogP contribution in [-0.2, 0) is 16.6 Å². The summed E-state index contributed by atoms with van der Waals surface area (Å²) in [5.41, 5.74) is 2.47. The van der Waals surface area contributed by atoms with E-state index in [1.54, 1.807) is 31.4 Å². The maximum absolute atomic E-state index is 12.1. The molecule has 7 heteroatoms. The normalized spacial score (nSPS) is 11.4. The number of hydrogen-bond donors (Lipinski definition) is 1. The largest absolute Gasteiger partial charge is 0.497 e. The molecule has 2 aromatic carbocycles. The number of ether oxygens (including phenoxy) is 1. The van der Waals surface area contributed by atoms with Crippen LogP contribution in [0.1, 0.15) is 21.5 Å². The summed E-state index contributed by atoms with van der Waals surface area (Å²) in [6.07, 6.45) is 1.16. The molecule has 0 fully saturated rings. The smallest absolute Gasteiger partial charge is 0.251 e. The van der Waals surface area contributed by atoms with Crippen LogP contribution in [-0.4, -0.2) is 45.1 Å². The van der Waals surface area contributed by atoms with Crippen LogP contribution in [0.3, 0.4) is 0 Å². The molecule has 0 aromatic heterocycles. The summed E-state index contributed by atoms with van der Waals surface area (Å²) in [5.74, 6) is 0.493. The van der Waals surface area contributed by atoms with Crippen molar-refractivity contribution in [1.29, 1.82) is 0 Å². The lowest BCUT2D eigenvalue weighted by Gasteiger charge is -2.20. The zero-order valence-electron chi connectivity index (χ0n) is 15.2. The summed E-state index contributed by atoms with van der Waals surface area (Å²) in [4.78, 5) is 12.1. The maximum atomic E-state index is 12.1. The monoisotopic (exact) mass is 376 g/mol. The molecule has 0 aliphatic heterocycles. The lowest BCUT2D eigenvalue weighted by molar-refractivity contribution is 0.0951. The number of hydrogen-bond acceptors (Lipinski definition) is 4. The van der Waals surface area contributed by atoms with Gasteiger partial charge in [-0.3, -0.25) is 4.79 Å². The third-order valence-corrected chi connectivity index (χ3v) is 5.20. The van der Waals surface area contributed by atoms with Gasteiger partial charge >= 0.3 is 0 Å². The number of amides is 1. The van der Waals surface area contributed by atoms with Gasteiger partial charge in [-0.15, -0.1) is 0 Å². The zero-order chi connectivity index (χ0) is 19.2. The predicted octanol–water partition coefficient (Wildman–Crippen LogP) is 2.20. The quantitative estimate of drug-likeness (QED) is 0.766. The van der Waals surface area contributed by atoms with E-state index in [0.717, 1.165) is 17.4 Å². The van der Waals surface area contributed by atoms with Crippen LogP contribution in [0.4, 0.5) is 0 Å². The van der Waals surface area contributed by atoms with Crippen molar-refractivity contribution in [3.63, 3.8) is 0 Å². The lowest BCUT2D eigenvalue weighted by Crippen LogP contribution is -2.37. The summed E-state index contributed by atoms with van der Waals surface area (Å²) in [7, 11) is -1.82. The molecule has 2 aromatic rings. The number of rotatable bonds is 8. The Bertz CT molecular complexity index is 831. The van der Waals surface area contributed by atoms with Crippen molar-refractivity contribution in [3.8, 4) is 5.75 Å². The Morgan fingerprint density at radius 2 is 1.69 bits per heavy atom. The molecule has 1 N–H and O–H groups in total. The van der Waals surface area contributed by atoms with Gasteiger partial charge in [-0.1, -0.05) is 29.8 Å². The van der Waals surface area contributed by atoms with Gasteiger partial charge in [0.05, 0.1) is 13.4 Å². The van der Waals surface area contributed by atoms with Crippen molar-refractivity contribution >= 4 is 15.9 Å². The highest BCUT2D eigenvalue weighted by Gasteiger charge is 2.17. The molecule has 0 atom stereocenters. The Balaban J connectivity index is 1.95. The Hall–Kier alpha value is -2.38. The minimum Gasteiger partial charge on any atom is -0.497 e. The van der Waals surface area contributed by atoms with Crippen LogP contribution in [0.15, 0.2) is 48.5 Å². The first kappa shape index (κ1) is 19.9. The van der Waals surface area contributed by atoms with Gasteiger partial charge in [0.1, 0.15) is 5.75 Å². The van der Waals surface area contributed by atoms with Crippen molar-refractivity contribution < 1.29 is 17.9 Å². The molecule has 26 heavy (non-hydrogen) atoms. The molecule has 0 radical (unpaired) electrons. The molecule has 6 nitrogen and oxygen atoms in total. The summed E-state index contributed by atoms with van der Waals surface area (Å²) < 4.78 is 30.5. The second-order valence-corrected chi connectivity index (χ2v) is 8.05. The van der Waals surface area contributed by atoms with Crippen LogP contribution in [0.2, 0.25) is 0 Å². The van der Waals surface area contributed by atoms with Crippen molar-refractivity contribution in [2.24, 2.45) is 0 Å². The van der Waals surface area contributed by atoms with E-state index in [0.29, 0.717) is 11.3 Å². The molecular formula is C19H24N2O4S. The molecule has 140 valence electrons. The van der Waals surface area contributed by atoms with Crippen molar-refractivity contribution in [2.45, 2.75) is 13.5 Å². The highest BCUT2D eigenvalue weighted by atomic mass is 32.2. The van der Waals surface area contributed by atoms with Crippen molar-refractivity contribution in [3.05, 3.63) is 65.2 Å². The van der Waals surface area contributed by atoms with Crippen LogP contribution < -0.4 is 10.1 Å². The van der Waals surface area contributed by atoms with Gasteiger partial charge < -0.3 is 10.1 Å². The molecule has 0 spiro atoms. The maximum Gasteiger partial charge on any atom is 0.251 e. The second kappa shape index (κ2) is 8.82. The van der Waals surface area contributed by atoms with Gasteiger partial charge in [-0.25, -0.2) is 8.42 Å². The molecule has 0 saturated carbocycles. The number of methoxy groups -OCH3 is 1. The van der Waals surface area contributed by atoms with Crippen LogP contribution >= 0.6 is 0 Å². The van der Waals surface area contributed by atoms with Crippen molar-refractivity contribution in [2.75, 3.05) is 26.5 Å². The lowest BCUT2D eigenvalue weighted by atomic mass is 10.1. The van der Waals surface area contributed by atoms with E-state index in [1.165, 1.54) is 4.31 Å². The first-order valence-electron chi connectivity index (χ1n) is 8.22. The van der Waals surface area contributed by atoms with Gasteiger partial charge in [-0.05, 0) is 36.8 Å². The first-order chi connectivity index (χ1) is 12.3. The third-order valence-electron chi connectivity index (χ3n) is 3.95. The molecule has 0 aliphatic carbocycles. The van der Waals surface area contributed by atoms with E-state index in [-0.39, 0.29) is 25.5 Å². The fourth-order valence-corrected chi connectivity index (χ4v) is 3.20.